The van der Waals surface area contributed by atoms with Gasteiger partial charge in [0.1, 0.15) is 5.75 Å². The molecule has 186 valence electrons. The van der Waals surface area contributed by atoms with E-state index in [2.05, 4.69) is 27.4 Å². The lowest BCUT2D eigenvalue weighted by Crippen LogP contribution is -2.37. The van der Waals surface area contributed by atoms with Gasteiger partial charge in [0, 0.05) is 31.0 Å². The normalized spacial score (nSPS) is 15.1. The number of thioether (sulfide) groups is 1. The molecular weight excluding hydrogens is 486 g/mol. The quantitative estimate of drug-likeness (QED) is 0.315. The average Bonchev–Trinajstić information content (AvgIpc) is 3.35. The van der Waals surface area contributed by atoms with Gasteiger partial charge in [0.25, 0.3) is 5.91 Å². The van der Waals surface area contributed by atoms with Crippen molar-refractivity contribution in [1.82, 2.24) is 24.8 Å². The van der Waals surface area contributed by atoms with Crippen molar-refractivity contribution in [2.24, 2.45) is 5.92 Å². The van der Waals surface area contributed by atoms with E-state index in [1.165, 1.54) is 28.2 Å². The molecule has 0 saturated carbocycles. The van der Waals surface area contributed by atoms with Gasteiger partial charge in [0.15, 0.2) is 12.4 Å². The zero-order chi connectivity index (χ0) is 24.7. The number of amides is 1. The van der Waals surface area contributed by atoms with Crippen molar-refractivity contribution in [3.8, 4) is 17.1 Å². The fourth-order valence-corrected chi connectivity index (χ4v) is 5.77. The summed E-state index contributed by atoms with van der Waals surface area (Å²) in [4.78, 5) is 16.8. The number of hydrogen-bond donors (Lipinski definition) is 2. The van der Waals surface area contributed by atoms with Gasteiger partial charge in [-0.2, -0.15) is 4.31 Å². The van der Waals surface area contributed by atoms with E-state index >= 15 is 0 Å². The second-order valence-electron chi connectivity index (χ2n) is 8.38. The van der Waals surface area contributed by atoms with Crippen molar-refractivity contribution in [1.29, 1.82) is 0 Å². The Morgan fingerprint density at radius 2 is 1.86 bits per heavy atom. The molecule has 1 saturated heterocycles. The highest BCUT2D eigenvalue weighted by molar-refractivity contribution is 7.99. The van der Waals surface area contributed by atoms with Gasteiger partial charge < -0.3 is 10.1 Å². The predicted octanol–water partition coefficient (Wildman–Crippen LogP) is 3.18. The highest BCUT2D eigenvalue weighted by Gasteiger charge is 2.27. The number of ether oxygens (including phenoxy) is 1. The average molecular weight is 516 g/mol. The third kappa shape index (κ3) is 6.83. The Hall–Kier alpha value is -2.89. The van der Waals surface area contributed by atoms with Crippen LogP contribution in [0.1, 0.15) is 19.8 Å². The Bertz CT molecular complexity index is 1210. The molecule has 0 aliphatic carbocycles. The summed E-state index contributed by atoms with van der Waals surface area (Å²) in [6.45, 7) is 3.52. The Morgan fingerprint density at radius 3 is 2.57 bits per heavy atom. The van der Waals surface area contributed by atoms with Crippen LogP contribution in [0.5, 0.6) is 5.75 Å². The molecule has 0 unspecified atom stereocenters. The van der Waals surface area contributed by atoms with Gasteiger partial charge in [0.2, 0.25) is 15.2 Å². The van der Waals surface area contributed by atoms with Gasteiger partial charge in [0.05, 0.1) is 4.90 Å². The summed E-state index contributed by atoms with van der Waals surface area (Å²) in [5.41, 5.74) is 0.962. The molecule has 1 amide bonds. The van der Waals surface area contributed by atoms with Crippen molar-refractivity contribution in [2.45, 2.75) is 29.8 Å². The third-order valence-electron chi connectivity index (χ3n) is 5.74. The molecule has 1 fully saturated rings. The van der Waals surface area contributed by atoms with E-state index in [1.807, 2.05) is 30.3 Å². The first-order valence-electron chi connectivity index (χ1n) is 11.5. The van der Waals surface area contributed by atoms with Crippen molar-refractivity contribution in [2.75, 3.05) is 32.0 Å². The highest BCUT2D eigenvalue weighted by atomic mass is 32.2. The molecule has 2 aromatic carbocycles. The van der Waals surface area contributed by atoms with E-state index in [-0.39, 0.29) is 17.4 Å². The maximum Gasteiger partial charge on any atom is 0.257 e. The smallest absolute Gasteiger partial charge is 0.257 e. The minimum Gasteiger partial charge on any atom is -0.484 e. The number of nitrogens with one attached hydrogen (secondary N) is 2. The molecule has 0 radical (unpaired) electrons. The summed E-state index contributed by atoms with van der Waals surface area (Å²) in [7, 11) is -3.50. The molecule has 4 rings (SSSR count). The second kappa shape index (κ2) is 11.7. The number of carbonyl (C=O) groups is 1. The summed E-state index contributed by atoms with van der Waals surface area (Å²) in [5.74, 6) is 2.05. The first-order valence-corrected chi connectivity index (χ1v) is 13.9. The molecule has 35 heavy (non-hydrogen) atoms. The van der Waals surface area contributed by atoms with Gasteiger partial charge in [-0.05, 0) is 43.0 Å². The first-order chi connectivity index (χ1) is 16.9. The van der Waals surface area contributed by atoms with Crippen molar-refractivity contribution in [3.63, 3.8) is 0 Å². The fraction of sp³-hybridized carbons (Fsp3) is 0.375. The molecule has 1 aliphatic heterocycles. The molecule has 2 N–H and O–H groups in total. The zero-order valence-electron chi connectivity index (χ0n) is 19.5. The van der Waals surface area contributed by atoms with E-state index < -0.39 is 10.0 Å². The van der Waals surface area contributed by atoms with Gasteiger partial charge in [-0.25, -0.2) is 13.4 Å². The van der Waals surface area contributed by atoms with E-state index in [4.69, 9.17) is 4.74 Å². The lowest BCUT2D eigenvalue weighted by atomic mass is 10.0. The van der Waals surface area contributed by atoms with E-state index in [1.54, 1.807) is 12.1 Å². The number of nitrogens with zero attached hydrogens (tertiary/aromatic N) is 3. The van der Waals surface area contributed by atoms with E-state index in [9.17, 15) is 13.2 Å². The number of sulfonamides is 1. The van der Waals surface area contributed by atoms with E-state index in [0.717, 1.165) is 18.4 Å². The van der Waals surface area contributed by atoms with Crippen molar-refractivity contribution < 1.29 is 17.9 Å². The second-order valence-corrected chi connectivity index (χ2v) is 11.4. The van der Waals surface area contributed by atoms with Crippen LogP contribution in [-0.2, 0) is 14.8 Å². The van der Waals surface area contributed by atoms with Crippen molar-refractivity contribution in [3.05, 3.63) is 54.6 Å². The van der Waals surface area contributed by atoms with Crippen LogP contribution in [0, 0.1) is 5.92 Å². The van der Waals surface area contributed by atoms with Gasteiger partial charge in [-0.15, -0.1) is 5.10 Å². The standard InChI is InChI=1S/C24H29N5O4S2/c1-18-11-14-29(15-12-18)35(31,32)21-9-7-20(8-10-21)33-17-22(30)25-13-16-34-24-26-23(27-28-24)19-5-3-2-4-6-19/h2-10,18H,11-17H2,1H3,(H,25,30)(H,26,27,28). The topological polar surface area (TPSA) is 117 Å². The molecule has 0 atom stereocenters. The van der Waals surface area contributed by atoms with Crippen LogP contribution in [0.3, 0.4) is 0 Å². The lowest BCUT2D eigenvalue weighted by Gasteiger charge is -2.29. The zero-order valence-corrected chi connectivity index (χ0v) is 21.1. The maximum atomic E-state index is 12.8. The summed E-state index contributed by atoms with van der Waals surface area (Å²) in [5, 5.41) is 10.5. The summed E-state index contributed by atoms with van der Waals surface area (Å²) >= 11 is 1.44. The predicted molar refractivity (Wildman–Crippen MR) is 135 cm³/mol. The van der Waals surface area contributed by atoms with Crippen LogP contribution in [0.15, 0.2) is 64.6 Å². The van der Waals surface area contributed by atoms with Crippen LogP contribution in [0.2, 0.25) is 0 Å². The molecule has 1 aromatic heterocycles. The number of H-pyrrole nitrogens is 1. The fourth-order valence-electron chi connectivity index (χ4n) is 3.65. The van der Waals surface area contributed by atoms with Crippen LogP contribution >= 0.6 is 11.8 Å². The molecule has 2 heterocycles. The minimum absolute atomic E-state index is 0.153. The monoisotopic (exact) mass is 515 g/mol. The number of aromatic amines is 1. The molecule has 3 aromatic rings. The minimum atomic E-state index is -3.50. The molecule has 9 nitrogen and oxygen atoms in total. The highest BCUT2D eigenvalue weighted by Crippen LogP contribution is 2.25. The summed E-state index contributed by atoms with van der Waals surface area (Å²) < 4.78 is 32.6. The molecular formula is C24H29N5O4S2. The Labute approximate surface area is 209 Å². The number of aromatic nitrogens is 3. The van der Waals surface area contributed by atoms with Crippen LogP contribution in [0.4, 0.5) is 0 Å². The van der Waals surface area contributed by atoms with Crippen molar-refractivity contribution >= 4 is 27.7 Å². The SMILES string of the molecule is CC1CCN(S(=O)(=O)c2ccc(OCC(=O)NCCSc3n[nH]c(-c4ccccc4)n3)cc2)CC1. The number of benzene rings is 2. The molecule has 1 aliphatic rings. The molecule has 11 heteroatoms. The summed E-state index contributed by atoms with van der Waals surface area (Å²) in [6, 6.07) is 15.9. The van der Waals surface area contributed by atoms with Crippen LogP contribution < -0.4 is 10.1 Å². The third-order valence-corrected chi connectivity index (χ3v) is 8.50. The van der Waals surface area contributed by atoms with Crippen LogP contribution in [-0.4, -0.2) is 65.8 Å². The Morgan fingerprint density at radius 1 is 1.14 bits per heavy atom. The van der Waals surface area contributed by atoms with Crippen LogP contribution in [0.25, 0.3) is 11.4 Å². The summed E-state index contributed by atoms with van der Waals surface area (Å²) in [6.07, 6.45) is 1.75. The number of rotatable bonds is 10. The lowest BCUT2D eigenvalue weighted by molar-refractivity contribution is -0.122. The van der Waals surface area contributed by atoms with Gasteiger partial charge in [-0.3, -0.25) is 9.89 Å². The van der Waals surface area contributed by atoms with E-state index in [0.29, 0.717) is 48.0 Å². The largest absolute Gasteiger partial charge is 0.484 e. The van der Waals surface area contributed by atoms with Gasteiger partial charge >= 0.3 is 0 Å². The van der Waals surface area contributed by atoms with Gasteiger partial charge in [-0.1, -0.05) is 49.0 Å². The maximum absolute atomic E-state index is 12.8. The first kappa shape index (κ1) is 25.2. The Balaban J connectivity index is 1.17. The number of piperidine rings is 1. The number of hydrogen-bond acceptors (Lipinski definition) is 7. The molecule has 0 spiro atoms. The molecule has 0 bridgehead atoms. The Kier molecular flexibility index (Phi) is 8.42. The number of carbonyl (C=O) groups excluding carboxylic acids is 1.